The average Bonchev–Trinajstić information content (AvgIpc) is 3.15. The summed E-state index contributed by atoms with van der Waals surface area (Å²) in [5.41, 5.74) is -1.64. The molecule has 10 heteroatoms. The molecule has 3 aromatic rings. The van der Waals surface area contributed by atoms with E-state index in [0.29, 0.717) is 29.3 Å². The van der Waals surface area contributed by atoms with Gasteiger partial charge in [-0.2, -0.15) is 18.3 Å². The molecular weight excluding hydrogens is 437 g/mol. The number of aliphatic hydroxyl groups is 2. The van der Waals surface area contributed by atoms with Gasteiger partial charge >= 0.3 is 6.18 Å². The van der Waals surface area contributed by atoms with Gasteiger partial charge in [0.2, 0.25) is 0 Å². The van der Waals surface area contributed by atoms with Gasteiger partial charge in [0.1, 0.15) is 11.4 Å². The monoisotopic (exact) mass is 462 g/mol. The molecule has 0 radical (unpaired) electrons. The zero-order valence-corrected chi connectivity index (χ0v) is 18.2. The minimum Gasteiger partial charge on any atom is -0.393 e. The van der Waals surface area contributed by atoms with Gasteiger partial charge in [-0.05, 0) is 63.8 Å². The minimum atomic E-state index is -4.67. The molecule has 0 unspecified atom stereocenters. The van der Waals surface area contributed by atoms with Gasteiger partial charge in [-0.3, -0.25) is 9.48 Å². The summed E-state index contributed by atoms with van der Waals surface area (Å²) < 4.78 is 40.8. The molecule has 0 bridgehead atoms. The second kappa shape index (κ2) is 8.42. The third-order valence-corrected chi connectivity index (χ3v) is 5.88. The number of anilines is 1. The summed E-state index contributed by atoms with van der Waals surface area (Å²) in [5, 5.41) is 28.4. The molecule has 176 valence electrons. The first-order valence-electron chi connectivity index (χ1n) is 10.7. The van der Waals surface area contributed by atoms with E-state index >= 15 is 0 Å². The highest BCUT2D eigenvalue weighted by Gasteiger charge is 2.33. The van der Waals surface area contributed by atoms with Crippen molar-refractivity contribution in [3.63, 3.8) is 0 Å². The summed E-state index contributed by atoms with van der Waals surface area (Å²) in [7, 11) is 0. The SMILES string of the molecule is CC(C)(O)c1cc2nn([C@H]3CC[C@H](O)CC3)cc2cc1NC(=O)c1cccc(C(F)(F)F)n1. The van der Waals surface area contributed by atoms with E-state index in [0.717, 1.165) is 25.0 Å². The van der Waals surface area contributed by atoms with Crippen LogP contribution in [0.2, 0.25) is 0 Å². The Morgan fingerprint density at radius 3 is 2.48 bits per heavy atom. The Bertz CT molecular complexity index is 1180. The van der Waals surface area contributed by atoms with Crippen LogP contribution in [0.5, 0.6) is 0 Å². The predicted molar refractivity (Wildman–Crippen MR) is 116 cm³/mol. The van der Waals surface area contributed by atoms with Crippen molar-refractivity contribution in [3.8, 4) is 0 Å². The fourth-order valence-electron chi connectivity index (χ4n) is 4.12. The van der Waals surface area contributed by atoms with Gasteiger partial charge in [0.05, 0.1) is 23.3 Å². The van der Waals surface area contributed by atoms with Crippen LogP contribution in [0.3, 0.4) is 0 Å². The number of alkyl halides is 3. The molecule has 4 rings (SSSR count). The molecule has 0 atom stereocenters. The van der Waals surface area contributed by atoms with Crippen LogP contribution >= 0.6 is 0 Å². The molecule has 2 heterocycles. The van der Waals surface area contributed by atoms with Crippen LogP contribution in [0.25, 0.3) is 10.9 Å². The van der Waals surface area contributed by atoms with Gasteiger partial charge in [-0.25, -0.2) is 4.98 Å². The smallest absolute Gasteiger partial charge is 0.393 e. The molecule has 2 aromatic heterocycles. The molecule has 0 saturated heterocycles. The maximum Gasteiger partial charge on any atom is 0.433 e. The number of aromatic nitrogens is 3. The Morgan fingerprint density at radius 2 is 1.85 bits per heavy atom. The van der Waals surface area contributed by atoms with Crippen LogP contribution in [0, 0.1) is 0 Å². The van der Waals surface area contributed by atoms with Crippen LogP contribution in [-0.2, 0) is 11.8 Å². The number of nitrogens with zero attached hydrogens (tertiary/aromatic N) is 3. The van der Waals surface area contributed by atoms with Gasteiger partial charge in [-0.15, -0.1) is 0 Å². The first-order chi connectivity index (χ1) is 15.4. The highest BCUT2D eigenvalue weighted by molar-refractivity contribution is 6.04. The van der Waals surface area contributed by atoms with E-state index in [1.165, 1.54) is 6.07 Å². The number of aliphatic hydroxyl groups excluding tert-OH is 1. The summed E-state index contributed by atoms with van der Waals surface area (Å²) in [5.74, 6) is -0.820. The number of hydrogen-bond acceptors (Lipinski definition) is 5. The van der Waals surface area contributed by atoms with Crippen molar-refractivity contribution in [3.05, 3.63) is 53.5 Å². The number of amides is 1. The lowest BCUT2D eigenvalue weighted by molar-refractivity contribution is -0.141. The molecule has 1 fully saturated rings. The normalized spacial score (nSPS) is 19.6. The lowest BCUT2D eigenvalue weighted by Gasteiger charge is -2.25. The van der Waals surface area contributed by atoms with Crippen molar-refractivity contribution < 1.29 is 28.2 Å². The number of pyridine rings is 1. The molecule has 1 aliphatic carbocycles. The average molecular weight is 462 g/mol. The van der Waals surface area contributed by atoms with Crippen molar-refractivity contribution in [1.29, 1.82) is 0 Å². The Kier molecular flexibility index (Phi) is 5.92. The van der Waals surface area contributed by atoms with Crippen LogP contribution in [0.15, 0.2) is 36.5 Å². The van der Waals surface area contributed by atoms with Crippen LogP contribution in [0.1, 0.15) is 67.3 Å². The topological polar surface area (TPSA) is 100 Å². The Hall–Kier alpha value is -2.98. The minimum absolute atomic E-state index is 0.138. The largest absolute Gasteiger partial charge is 0.433 e. The molecular formula is C23H25F3N4O3. The van der Waals surface area contributed by atoms with Gasteiger partial charge in [0.25, 0.3) is 5.91 Å². The lowest BCUT2D eigenvalue weighted by Crippen LogP contribution is -2.22. The second-order valence-corrected chi connectivity index (χ2v) is 8.95. The second-order valence-electron chi connectivity index (χ2n) is 8.95. The molecule has 3 N–H and O–H groups in total. The van der Waals surface area contributed by atoms with E-state index in [-0.39, 0.29) is 23.5 Å². The van der Waals surface area contributed by atoms with E-state index in [2.05, 4.69) is 15.4 Å². The number of nitrogens with one attached hydrogen (secondary N) is 1. The van der Waals surface area contributed by atoms with Crippen LogP contribution in [0.4, 0.5) is 18.9 Å². The number of carbonyl (C=O) groups is 1. The highest BCUT2D eigenvalue weighted by Crippen LogP contribution is 2.34. The summed E-state index contributed by atoms with van der Waals surface area (Å²) in [6.45, 7) is 3.09. The van der Waals surface area contributed by atoms with E-state index < -0.39 is 23.4 Å². The molecule has 1 aliphatic rings. The summed E-state index contributed by atoms with van der Waals surface area (Å²) >= 11 is 0. The van der Waals surface area contributed by atoms with Crippen molar-refractivity contribution >= 4 is 22.5 Å². The third-order valence-electron chi connectivity index (χ3n) is 5.88. The maximum atomic E-state index is 13.0. The molecule has 0 aliphatic heterocycles. The molecule has 1 saturated carbocycles. The molecule has 1 aromatic carbocycles. The molecule has 33 heavy (non-hydrogen) atoms. The zero-order valence-electron chi connectivity index (χ0n) is 18.2. The standard InChI is InChI=1S/C23H25F3N4O3/c1-22(2,33)16-11-18-13(12-30(29-18)14-6-8-15(31)9-7-14)10-19(16)28-21(32)17-4-3-5-20(27-17)23(24,25)26/h3-5,10-12,14-15,31,33H,6-9H2,1-2H3,(H,28,32)/t14-,15-. The van der Waals surface area contributed by atoms with E-state index in [1.54, 1.807) is 26.0 Å². The van der Waals surface area contributed by atoms with Crippen molar-refractivity contribution in [2.75, 3.05) is 5.32 Å². The maximum absolute atomic E-state index is 13.0. The van der Waals surface area contributed by atoms with Crippen LogP contribution < -0.4 is 5.32 Å². The summed E-state index contributed by atoms with van der Waals surface area (Å²) in [6, 6.07) is 6.56. The quantitative estimate of drug-likeness (QED) is 0.534. The molecule has 7 nitrogen and oxygen atoms in total. The van der Waals surface area contributed by atoms with Crippen molar-refractivity contribution in [1.82, 2.24) is 14.8 Å². The first kappa shape index (κ1) is 23.2. The van der Waals surface area contributed by atoms with Crippen molar-refractivity contribution in [2.24, 2.45) is 0 Å². The number of carbonyl (C=O) groups excluding carboxylic acids is 1. The Labute approximate surface area is 188 Å². The van der Waals surface area contributed by atoms with E-state index in [4.69, 9.17) is 0 Å². The van der Waals surface area contributed by atoms with E-state index in [1.807, 2.05) is 10.9 Å². The summed E-state index contributed by atoms with van der Waals surface area (Å²) in [4.78, 5) is 16.2. The fraction of sp³-hybridized carbons (Fsp3) is 0.435. The van der Waals surface area contributed by atoms with Gasteiger partial charge in [0.15, 0.2) is 0 Å². The van der Waals surface area contributed by atoms with Crippen molar-refractivity contribution in [2.45, 2.75) is 63.5 Å². The van der Waals surface area contributed by atoms with E-state index in [9.17, 15) is 28.2 Å². The fourth-order valence-corrected chi connectivity index (χ4v) is 4.12. The van der Waals surface area contributed by atoms with Gasteiger partial charge < -0.3 is 15.5 Å². The number of rotatable bonds is 4. The number of benzene rings is 1. The number of hydrogen-bond donors (Lipinski definition) is 3. The summed E-state index contributed by atoms with van der Waals surface area (Å²) in [6.07, 6.45) is -0.153. The Morgan fingerprint density at radius 1 is 1.15 bits per heavy atom. The molecule has 0 spiro atoms. The van der Waals surface area contributed by atoms with Crippen LogP contribution in [-0.4, -0.2) is 37.0 Å². The molecule has 1 amide bonds. The first-order valence-corrected chi connectivity index (χ1v) is 10.7. The number of fused-ring (bicyclic) bond motifs is 1. The Balaban J connectivity index is 1.68. The predicted octanol–water partition coefficient (Wildman–Crippen LogP) is 4.41. The lowest BCUT2D eigenvalue weighted by atomic mass is 9.93. The van der Waals surface area contributed by atoms with Gasteiger partial charge in [-0.1, -0.05) is 6.07 Å². The third kappa shape index (κ3) is 5.01. The number of halogens is 3. The highest BCUT2D eigenvalue weighted by atomic mass is 19.4. The van der Waals surface area contributed by atoms with Gasteiger partial charge in [0, 0.05) is 22.8 Å². The zero-order chi connectivity index (χ0) is 24.0.